The summed E-state index contributed by atoms with van der Waals surface area (Å²) in [5.41, 5.74) is 2.69. The highest BCUT2D eigenvalue weighted by Gasteiger charge is 2.33. The summed E-state index contributed by atoms with van der Waals surface area (Å²) < 4.78 is 5.24. The van der Waals surface area contributed by atoms with Gasteiger partial charge in [-0.25, -0.2) is 4.79 Å². The zero-order chi connectivity index (χ0) is 22.5. The lowest BCUT2D eigenvalue weighted by atomic mass is 9.95. The summed E-state index contributed by atoms with van der Waals surface area (Å²) in [6, 6.07) is 10.0. The van der Waals surface area contributed by atoms with E-state index in [1.165, 1.54) is 11.3 Å². The van der Waals surface area contributed by atoms with E-state index in [0.717, 1.165) is 30.4 Å². The molecular weight excluding hydrogens is 424 g/mol. The first-order valence-electron chi connectivity index (χ1n) is 11.5. The molecule has 6 nitrogen and oxygen atoms in total. The van der Waals surface area contributed by atoms with E-state index in [9.17, 15) is 14.4 Å². The number of hydrogen-bond donors (Lipinski definition) is 1. The Kier molecular flexibility index (Phi) is 7.25. The van der Waals surface area contributed by atoms with Crippen molar-refractivity contribution in [2.75, 3.05) is 25.0 Å². The Morgan fingerprint density at radius 3 is 2.47 bits per heavy atom. The van der Waals surface area contributed by atoms with E-state index >= 15 is 0 Å². The number of piperidine rings is 1. The minimum Gasteiger partial charge on any atom is -0.462 e. The van der Waals surface area contributed by atoms with Gasteiger partial charge in [-0.2, -0.15) is 0 Å². The monoisotopic (exact) mass is 454 g/mol. The molecule has 0 radical (unpaired) electrons. The van der Waals surface area contributed by atoms with Gasteiger partial charge < -0.3 is 15.0 Å². The van der Waals surface area contributed by atoms with E-state index < -0.39 is 0 Å². The van der Waals surface area contributed by atoms with Crippen LogP contribution in [0.5, 0.6) is 0 Å². The summed E-state index contributed by atoms with van der Waals surface area (Å²) in [7, 11) is 0. The topological polar surface area (TPSA) is 75.7 Å². The van der Waals surface area contributed by atoms with Crippen molar-refractivity contribution in [3.05, 3.63) is 52.4 Å². The number of nitrogens with zero attached hydrogens (tertiary/aromatic N) is 1. The van der Waals surface area contributed by atoms with Crippen molar-refractivity contribution in [3.63, 3.8) is 0 Å². The van der Waals surface area contributed by atoms with Gasteiger partial charge in [-0.05, 0) is 61.5 Å². The first-order chi connectivity index (χ1) is 15.6. The molecule has 0 bridgehead atoms. The van der Waals surface area contributed by atoms with Crippen LogP contribution in [0.2, 0.25) is 0 Å². The average molecular weight is 455 g/mol. The summed E-state index contributed by atoms with van der Waals surface area (Å²) in [5, 5.41) is 5.56. The Morgan fingerprint density at radius 1 is 1.09 bits per heavy atom. The smallest absolute Gasteiger partial charge is 0.341 e. The Balaban J connectivity index is 1.30. The third-order valence-corrected chi connectivity index (χ3v) is 7.16. The van der Waals surface area contributed by atoms with E-state index in [0.29, 0.717) is 55.4 Å². The number of carbonyl (C=O) groups excluding carboxylic acids is 3. The highest BCUT2D eigenvalue weighted by atomic mass is 32.1. The van der Waals surface area contributed by atoms with Crippen LogP contribution >= 0.6 is 11.3 Å². The Morgan fingerprint density at radius 2 is 1.81 bits per heavy atom. The van der Waals surface area contributed by atoms with Gasteiger partial charge in [0.25, 0.3) is 0 Å². The maximum Gasteiger partial charge on any atom is 0.341 e. The molecule has 1 N–H and O–H groups in total. The minimum absolute atomic E-state index is 0.0730. The van der Waals surface area contributed by atoms with Crippen molar-refractivity contribution in [3.8, 4) is 0 Å². The number of ether oxygens (including phenoxy) is 1. The molecule has 1 aromatic heterocycles. The fourth-order valence-electron chi connectivity index (χ4n) is 4.23. The fourth-order valence-corrected chi connectivity index (χ4v) is 5.26. The second-order valence-corrected chi connectivity index (χ2v) is 9.40. The molecule has 1 aliphatic carbocycles. The summed E-state index contributed by atoms with van der Waals surface area (Å²) in [5.74, 6) is -0.0401. The maximum absolute atomic E-state index is 12.9. The molecule has 2 amide bonds. The first-order valence-corrected chi connectivity index (χ1v) is 12.4. The number of anilines is 1. The SMILES string of the molecule is CCOC(=O)c1c(C2CC2)csc1NC(=O)C1CCN(C(=O)CCc2ccccc2)CC1. The van der Waals surface area contributed by atoms with Gasteiger partial charge in [0, 0.05) is 25.4 Å². The molecular formula is C25H30N2O4S. The molecule has 2 aromatic rings. The van der Waals surface area contributed by atoms with Crippen LogP contribution in [0.4, 0.5) is 5.00 Å². The van der Waals surface area contributed by atoms with Gasteiger partial charge in [0.15, 0.2) is 0 Å². The van der Waals surface area contributed by atoms with Crippen molar-refractivity contribution in [1.82, 2.24) is 4.90 Å². The van der Waals surface area contributed by atoms with Crippen LogP contribution in [0.15, 0.2) is 35.7 Å². The van der Waals surface area contributed by atoms with Gasteiger partial charge in [0.05, 0.1) is 12.2 Å². The summed E-state index contributed by atoms with van der Waals surface area (Å²) in [4.78, 5) is 39.9. The van der Waals surface area contributed by atoms with E-state index in [1.807, 2.05) is 40.6 Å². The van der Waals surface area contributed by atoms with Crippen LogP contribution < -0.4 is 5.32 Å². The normalized spacial score (nSPS) is 16.6. The molecule has 0 unspecified atom stereocenters. The summed E-state index contributed by atoms with van der Waals surface area (Å²) >= 11 is 1.40. The van der Waals surface area contributed by atoms with E-state index in [2.05, 4.69) is 5.32 Å². The van der Waals surface area contributed by atoms with Gasteiger partial charge in [-0.1, -0.05) is 30.3 Å². The molecule has 32 heavy (non-hydrogen) atoms. The molecule has 1 aliphatic heterocycles. The highest BCUT2D eigenvalue weighted by Crippen LogP contribution is 2.46. The maximum atomic E-state index is 12.9. The zero-order valence-electron chi connectivity index (χ0n) is 18.5. The quantitative estimate of drug-likeness (QED) is 0.591. The average Bonchev–Trinajstić information content (AvgIpc) is 3.58. The van der Waals surface area contributed by atoms with Gasteiger partial charge in [-0.15, -0.1) is 11.3 Å². The standard InChI is InChI=1S/C25H30N2O4S/c1-2-31-25(30)22-20(18-9-10-18)16-32-24(22)26-23(29)19-12-14-27(15-13-19)21(28)11-8-17-6-4-3-5-7-17/h3-7,16,18-19H,2,8-15H2,1H3,(H,26,29). The molecule has 170 valence electrons. The van der Waals surface area contributed by atoms with Crippen molar-refractivity contribution in [2.24, 2.45) is 5.92 Å². The minimum atomic E-state index is -0.357. The lowest BCUT2D eigenvalue weighted by Gasteiger charge is -2.31. The molecule has 2 heterocycles. The van der Waals surface area contributed by atoms with Crippen LogP contribution in [-0.4, -0.2) is 42.4 Å². The van der Waals surface area contributed by atoms with Crippen LogP contribution in [-0.2, 0) is 20.7 Å². The van der Waals surface area contributed by atoms with Gasteiger partial charge in [-0.3, -0.25) is 9.59 Å². The first kappa shape index (κ1) is 22.5. The fraction of sp³-hybridized carbons (Fsp3) is 0.480. The third kappa shape index (κ3) is 5.38. The van der Waals surface area contributed by atoms with Gasteiger partial charge in [0.1, 0.15) is 5.00 Å². The van der Waals surface area contributed by atoms with Crippen molar-refractivity contribution >= 4 is 34.1 Å². The van der Waals surface area contributed by atoms with Crippen LogP contribution in [0.1, 0.15) is 66.4 Å². The number of thiophene rings is 1. The third-order valence-electron chi connectivity index (χ3n) is 6.24. The lowest BCUT2D eigenvalue weighted by Crippen LogP contribution is -2.41. The predicted molar refractivity (Wildman–Crippen MR) is 125 cm³/mol. The van der Waals surface area contributed by atoms with Gasteiger partial charge >= 0.3 is 5.97 Å². The number of hydrogen-bond acceptors (Lipinski definition) is 5. The Bertz CT molecular complexity index is 960. The zero-order valence-corrected chi connectivity index (χ0v) is 19.3. The molecule has 2 aliphatic rings. The molecule has 1 saturated carbocycles. The largest absolute Gasteiger partial charge is 0.462 e. The summed E-state index contributed by atoms with van der Waals surface area (Å²) in [6.07, 6.45) is 4.65. The van der Waals surface area contributed by atoms with Crippen molar-refractivity contribution < 1.29 is 19.1 Å². The number of nitrogens with one attached hydrogen (secondary N) is 1. The van der Waals surface area contributed by atoms with Gasteiger partial charge in [0.2, 0.25) is 11.8 Å². The number of aryl methyl sites for hydroxylation is 1. The number of carbonyl (C=O) groups is 3. The number of rotatable bonds is 8. The second-order valence-electron chi connectivity index (χ2n) is 8.52. The van der Waals surface area contributed by atoms with Crippen LogP contribution in [0, 0.1) is 5.92 Å². The van der Waals surface area contributed by atoms with Crippen LogP contribution in [0.3, 0.4) is 0 Å². The van der Waals surface area contributed by atoms with E-state index in [1.54, 1.807) is 6.92 Å². The Labute approximate surface area is 192 Å². The molecule has 1 saturated heterocycles. The number of benzene rings is 1. The number of amides is 2. The molecule has 1 aromatic carbocycles. The molecule has 7 heteroatoms. The van der Waals surface area contributed by atoms with Crippen molar-refractivity contribution in [2.45, 2.75) is 51.4 Å². The van der Waals surface area contributed by atoms with Crippen LogP contribution in [0.25, 0.3) is 0 Å². The molecule has 0 atom stereocenters. The number of esters is 1. The predicted octanol–water partition coefficient (Wildman–Crippen LogP) is 4.61. The van der Waals surface area contributed by atoms with E-state index in [4.69, 9.17) is 4.74 Å². The lowest BCUT2D eigenvalue weighted by molar-refractivity contribution is -0.134. The second kappa shape index (κ2) is 10.3. The molecule has 2 fully saturated rings. The highest BCUT2D eigenvalue weighted by molar-refractivity contribution is 7.15. The Hall–Kier alpha value is -2.67. The van der Waals surface area contributed by atoms with Crippen molar-refractivity contribution in [1.29, 1.82) is 0 Å². The summed E-state index contributed by atoms with van der Waals surface area (Å²) in [6.45, 7) is 3.28. The van der Waals surface area contributed by atoms with E-state index in [-0.39, 0.29) is 23.7 Å². The molecule has 0 spiro atoms. The number of likely N-dealkylation sites (tertiary alicyclic amines) is 1. The molecule has 4 rings (SSSR count).